The summed E-state index contributed by atoms with van der Waals surface area (Å²) in [5.41, 5.74) is 2.48. The molecule has 0 amide bonds. The van der Waals surface area contributed by atoms with E-state index in [0.717, 1.165) is 25.3 Å². The Morgan fingerprint density at radius 2 is 1.95 bits per heavy atom. The summed E-state index contributed by atoms with van der Waals surface area (Å²) in [5, 5.41) is 3.48. The summed E-state index contributed by atoms with van der Waals surface area (Å²) in [6.07, 6.45) is 0. The molecule has 2 heteroatoms. The Labute approximate surface area is 117 Å². The van der Waals surface area contributed by atoms with E-state index in [0.29, 0.717) is 18.4 Å². The second-order valence-corrected chi connectivity index (χ2v) is 5.48. The van der Waals surface area contributed by atoms with Gasteiger partial charge < -0.3 is 10.1 Å². The van der Waals surface area contributed by atoms with Crippen LogP contribution in [-0.4, -0.2) is 26.3 Å². The van der Waals surface area contributed by atoms with Crippen molar-refractivity contribution in [3.63, 3.8) is 0 Å². The lowest BCUT2D eigenvalue weighted by atomic mass is 9.88. The van der Waals surface area contributed by atoms with E-state index in [4.69, 9.17) is 4.74 Å². The van der Waals surface area contributed by atoms with Gasteiger partial charge in [0.15, 0.2) is 0 Å². The minimum atomic E-state index is 0.558. The summed E-state index contributed by atoms with van der Waals surface area (Å²) >= 11 is 0. The van der Waals surface area contributed by atoms with E-state index < -0.39 is 0 Å². The molecule has 0 heterocycles. The van der Waals surface area contributed by atoms with Crippen LogP contribution in [0.2, 0.25) is 0 Å². The van der Waals surface area contributed by atoms with Gasteiger partial charge in [0, 0.05) is 13.1 Å². The maximum absolute atomic E-state index is 5.48. The van der Waals surface area contributed by atoms with E-state index >= 15 is 0 Å². The number of benzene rings is 1. The van der Waals surface area contributed by atoms with Crippen LogP contribution in [0.4, 0.5) is 0 Å². The largest absolute Gasteiger partial charge is 0.376 e. The molecule has 1 rings (SSSR count). The van der Waals surface area contributed by atoms with E-state index in [1.54, 1.807) is 0 Å². The van der Waals surface area contributed by atoms with Crippen molar-refractivity contribution in [1.82, 2.24) is 5.32 Å². The lowest BCUT2D eigenvalue weighted by Gasteiger charge is -2.22. The summed E-state index contributed by atoms with van der Waals surface area (Å²) in [6.45, 7) is 13.6. The van der Waals surface area contributed by atoms with Crippen LogP contribution in [-0.2, 0) is 4.74 Å². The predicted molar refractivity (Wildman–Crippen MR) is 82.5 cm³/mol. The van der Waals surface area contributed by atoms with Crippen LogP contribution in [0, 0.1) is 5.92 Å². The average molecular weight is 261 g/mol. The maximum Gasteiger partial charge on any atom is 0.0672 e. The van der Waals surface area contributed by atoms with Crippen molar-refractivity contribution in [3.8, 4) is 0 Å². The number of hydrogen-bond donors (Lipinski definition) is 1. The number of rotatable bonds is 9. The molecule has 1 aromatic rings. The van der Waals surface area contributed by atoms with Crippen molar-refractivity contribution in [1.29, 1.82) is 0 Å². The smallest absolute Gasteiger partial charge is 0.0672 e. The monoisotopic (exact) mass is 261 g/mol. The van der Waals surface area contributed by atoms with Gasteiger partial charge in [-0.15, -0.1) is 0 Å². The second-order valence-electron chi connectivity index (χ2n) is 5.48. The molecular formula is C17H27NO. The Kier molecular flexibility index (Phi) is 7.46. The Hall–Kier alpha value is -1.12. The van der Waals surface area contributed by atoms with Crippen molar-refractivity contribution in [3.05, 3.63) is 48.0 Å². The van der Waals surface area contributed by atoms with Crippen molar-refractivity contribution in [2.45, 2.75) is 26.7 Å². The van der Waals surface area contributed by atoms with Crippen LogP contribution in [0.25, 0.3) is 0 Å². The zero-order chi connectivity index (χ0) is 14.1. The molecule has 1 N–H and O–H groups in total. The molecule has 19 heavy (non-hydrogen) atoms. The molecule has 1 aromatic carbocycles. The first kappa shape index (κ1) is 15.9. The molecule has 106 valence electrons. The minimum absolute atomic E-state index is 0.558. The molecule has 0 aromatic heterocycles. The Balaban J connectivity index is 2.30. The van der Waals surface area contributed by atoms with Crippen LogP contribution >= 0.6 is 0 Å². The molecular weight excluding hydrogens is 234 g/mol. The Bertz CT molecular complexity index is 359. The molecule has 0 aliphatic heterocycles. The van der Waals surface area contributed by atoms with Crippen LogP contribution in [0.3, 0.4) is 0 Å². The molecule has 0 aliphatic carbocycles. The fourth-order valence-electron chi connectivity index (χ4n) is 2.09. The Morgan fingerprint density at radius 3 is 2.53 bits per heavy atom. The Morgan fingerprint density at radius 1 is 1.26 bits per heavy atom. The molecule has 1 atom stereocenters. The molecule has 0 saturated heterocycles. The summed E-state index contributed by atoms with van der Waals surface area (Å²) in [5.74, 6) is 1.19. The van der Waals surface area contributed by atoms with Gasteiger partial charge in [0.1, 0.15) is 0 Å². The summed E-state index contributed by atoms with van der Waals surface area (Å²) in [6, 6.07) is 10.7. The van der Waals surface area contributed by atoms with E-state index in [2.05, 4.69) is 56.1 Å². The fraction of sp³-hybridized carbons (Fsp3) is 0.529. The van der Waals surface area contributed by atoms with Crippen molar-refractivity contribution >= 4 is 0 Å². The van der Waals surface area contributed by atoms with Crippen molar-refractivity contribution in [2.75, 3.05) is 26.3 Å². The van der Waals surface area contributed by atoms with Crippen LogP contribution in [0.1, 0.15) is 32.3 Å². The molecule has 0 bridgehead atoms. The van der Waals surface area contributed by atoms with Gasteiger partial charge in [0.25, 0.3) is 0 Å². The minimum Gasteiger partial charge on any atom is -0.376 e. The third kappa shape index (κ3) is 6.55. The standard InChI is InChI=1S/C17H27NO/c1-14(2)13-19-11-10-18-12-17(15(3)4)16-8-6-5-7-9-16/h5-9,15,17-18H,1,10-13H2,2-4H3. The maximum atomic E-state index is 5.48. The highest BCUT2D eigenvalue weighted by molar-refractivity contribution is 5.20. The highest BCUT2D eigenvalue weighted by Gasteiger charge is 2.14. The van der Waals surface area contributed by atoms with Gasteiger partial charge in [0.05, 0.1) is 13.2 Å². The van der Waals surface area contributed by atoms with E-state index in [1.807, 2.05) is 6.92 Å². The first-order chi connectivity index (χ1) is 9.11. The normalized spacial score (nSPS) is 12.6. The van der Waals surface area contributed by atoms with Gasteiger partial charge in [-0.2, -0.15) is 0 Å². The first-order valence-corrected chi connectivity index (χ1v) is 7.09. The van der Waals surface area contributed by atoms with Crippen LogP contribution < -0.4 is 5.32 Å². The third-order valence-electron chi connectivity index (χ3n) is 3.17. The van der Waals surface area contributed by atoms with Gasteiger partial charge in [-0.1, -0.05) is 56.3 Å². The molecule has 1 unspecified atom stereocenters. The SMILES string of the molecule is C=C(C)COCCNCC(c1ccccc1)C(C)C. The van der Waals surface area contributed by atoms with Crippen LogP contribution in [0.5, 0.6) is 0 Å². The van der Waals surface area contributed by atoms with Gasteiger partial charge in [0.2, 0.25) is 0 Å². The van der Waals surface area contributed by atoms with E-state index in [-0.39, 0.29) is 0 Å². The van der Waals surface area contributed by atoms with E-state index in [1.165, 1.54) is 5.56 Å². The van der Waals surface area contributed by atoms with Crippen LogP contribution in [0.15, 0.2) is 42.5 Å². The van der Waals surface area contributed by atoms with E-state index in [9.17, 15) is 0 Å². The number of nitrogens with one attached hydrogen (secondary N) is 1. The molecule has 0 saturated carbocycles. The predicted octanol–water partition coefficient (Wildman–Crippen LogP) is 3.61. The highest BCUT2D eigenvalue weighted by atomic mass is 16.5. The summed E-state index contributed by atoms with van der Waals surface area (Å²) in [4.78, 5) is 0. The lowest BCUT2D eigenvalue weighted by molar-refractivity contribution is 0.157. The molecule has 0 radical (unpaired) electrons. The zero-order valence-corrected chi connectivity index (χ0v) is 12.5. The second kappa shape index (κ2) is 8.89. The quantitative estimate of drug-likeness (QED) is 0.541. The van der Waals surface area contributed by atoms with Crippen molar-refractivity contribution < 1.29 is 4.74 Å². The highest BCUT2D eigenvalue weighted by Crippen LogP contribution is 2.23. The average Bonchev–Trinajstić information content (AvgIpc) is 2.38. The van der Waals surface area contributed by atoms with Gasteiger partial charge in [-0.3, -0.25) is 0 Å². The van der Waals surface area contributed by atoms with Gasteiger partial charge >= 0.3 is 0 Å². The topological polar surface area (TPSA) is 21.3 Å². The number of ether oxygens (including phenoxy) is 1. The summed E-state index contributed by atoms with van der Waals surface area (Å²) in [7, 11) is 0. The summed E-state index contributed by atoms with van der Waals surface area (Å²) < 4.78 is 5.48. The van der Waals surface area contributed by atoms with Crippen molar-refractivity contribution in [2.24, 2.45) is 5.92 Å². The first-order valence-electron chi connectivity index (χ1n) is 7.09. The van der Waals surface area contributed by atoms with Gasteiger partial charge in [-0.05, 0) is 24.3 Å². The fourth-order valence-corrected chi connectivity index (χ4v) is 2.09. The zero-order valence-electron chi connectivity index (χ0n) is 12.5. The molecule has 0 fully saturated rings. The third-order valence-corrected chi connectivity index (χ3v) is 3.17. The van der Waals surface area contributed by atoms with Gasteiger partial charge in [-0.25, -0.2) is 0 Å². The molecule has 2 nitrogen and oxygen atoms in total. The molecule has 0 spiro atoms. The lowest BCUT2D eigenvalue weighted by Crippen LogP contribution is -2.27. The molecule has 0 aliphatic rings. The number of hydrogen-bond acceptors (Lipinski definition) is 2.